The first-order valence-corrected chi connectivity index (χ1v) is 2.92. The maximum atomic E-state index is 10.8. The van der Waals surface area contributed by atoms with Crippen LogP contribution in [0.4, 0.5) is 0 Å². The lowest BCUT2D eigenvalue weighted by molar-refractivity contribution is 0.731. The second kappa shape index (κ2) is 1.92. The predicted octanol–water partition coefficient (Wildman–Crippen LogP) is 0.675. The Morgan fingerprint density at radius 2 is 2.22 bits per heavy atom. The first kappa shape index (κ1) is 6.42. The summed E-state index contributed by atoms with van der Waals surface area (Å²) in [5.74, 6) is 0. The minimum Gasteiger partial charge on any atom is -0.299 e. The Balaban J connectivity index is 3.48. The van der Waals surface area contributed by atoms with Gasteiger partial charge < -0.3 is 0 Å². The van der Waals surface area contributed by atoms with Gasteiger partial charge in [0.25, 0.3) is 5.56 Å². The number of nitrogens with one attached hydrogen (secondary N) is 1. The SMILES string of the molecule is Cc1[nH]n(C)c(=O)c1Cl. The summed E-state index contributed by atoms with van der Waals surface area (Å²) < 4.78 is 1.34. The lowest BCUT2D eigenvalue weighted by Gasteiger charge is -1.82. The maximum absolute atomic E-state index is 10.8. The number of nitrogens with zero attached hydrogens (tertiary/aromatic N) is 1. The number of halogens is 1. The zero-order chi connectivity index (χ0) is 7.02. The molecular weight excluding hydrogens is 140 g/mol. The van der Waals surface area contributed by atoms with Gasteiger partial charge in [0.1, 0.15) is 5.02 Å². The third-order valence-electron chi connectivity index (χ3n) is 1.16. The molecule has 1 aromatic rings. The summed E-state index contributed by atoms with van der Waals surface area (Å²) in [6, 6.07) is 0. The predicted molar refractivity (Wildman–Crippen MR) is 35.8 cm³/mol. The van der Waals surface area contributed by atoms with Crippen LogP contribution in [0.2, 0.25) is 5.02 Å². The topological polar surface area (TPSA) is 37.8 Å². The molecule has 0 radical (unpaired) electrons. The fraction of sp³-hybridized carbons (Fsp3) is 0.400. The highest BCUT2D eigenvalue weighted by molar-refractivity contribution is 6.31. The maximum Gasteiger partial charge on any atom is 0.285 e. The molecule has 9 heavy (non-hydrogen) atoms. The summed E-state index contributed by atoms with van der Waals surface area (Å²) in [7, 11) is 1.63. The van der Waals surface area contributed by atoms with Crippen LogP contribution in [0.1, 0.15) is 5.69 Å². The van der Waals surface area contributed by atoms with Crippen LogP contribution < -0.4 is 5.56 Å². The zero-order valence-electron chi connectivity index (χ0n) is 5.23. The van der Waals surface area contributed by atoms with Crippen molar-refractivity contribution in [1.82, 2.24) is 9.78 Å². The average molecular weight is 147 g/mol. The Labute approximate surface area is 57.2 Å². The largest absolute Gasteiger partial charge is 0.299 e. The Kier molecular flexibility index (Phi) is 1.37. The smallest absolute Gasteiger partial charge is 0.285 e. The van der Waals surface area contributed by atoms with Crippen LogP contribution in [-0.2, 0) is 7.05 Å². The molecule has 0 atom stereocenters. The standard InChI is InChI=1S/C5H7ClN2O/c1-3-4(6)5(9)8(2)7-3/h7H,1-2H3. The number of H-pyrrole nitrogens is 1. The summed E-state index contributed by atoms with van der Waals surface area (Å²) in [6.45, 7) is 1.75. The van der Waals surface area contributed by atoms with Crippen LogP contribution in [-0.4, -0.2) is 9.78 Å². The molecule has 0 bridgehead atoms. The molecule has 0 saturated heterocycles. The van der Waals surface area contributed by atoms with Crippen LogP contribution in [0.5, 0.6) is 0 Å². The number of aryl methyl sites for hydroxylation is 2. The molecule has 0 spiro atoms. The van der Waals surface area contributed by atoms with Crippen LogP contribution in [0.3, 0.4) is 0 Å². The lowest BCUT2D eigenvalue weighted by atomic mass is 10.5. The third kappa shape index (κ3) is 0.876. The summed E-state index contributed by atoms with van der Waals surface area (Å²) in [5.41, 5.74) is 0.540. The van der Waals surface area contributed by atoms with Gasteiger partial charge in [-0.05, 0) is 6.92 Å². The fourth-order valence-corrected chi connectivity index (χ4v) is 0.828. The average Bonchev–Trinajstić information content (AvgIpc) is 1.98. The number of hydrogen-bond donors (Lipinski definition) is 1. The van der Waals surface area contributed by atoms with Crippen molar-refractivity contribution in [2.24, 2.45) is 7.05 Å². The van der Waals surface area contributed by atoms with Crippen LogP contribution in [0.15, 0.2) is 4.79 Å². The van der Waals surface area contributed by atoms with Gasteiger partial charge in [-0.3, -0.25) is 14.6 Å². The van der Waals surface area contributed by atoms with Gasteiger partial charge in [0, 0.05) is 7.05 Å². The molecule has 4 heteroatoms. The highest BCUT2D eigenvalue weighted by Crippen LogP contribution is 2.03. The molecule has 0 saturated carbocycles. The molecule has 0 aliphatic carbocycles. The van der Waals surface area contributed by atoms with Crippen molar-refractivity contribution >= 4 is 11.6 Å². The van der Waals surface area contributed by atoms with Gasteiger partial charge in [0.15, 0.2) is 0 Å². The Bertz CT molecular complexity index is 273. The van der Waals surface area contributed by atoms with E-state index in [4.69, 9.17) is 11.6 Å². The van der Waals surface area contributed by atoms with Gasteiger partial charge >= 0.3 is 0 Å². The van der Waals surface area contributed by atoms with Crippen molar-refractivity contribution in [2.75, 3.05) is 0 Å². The molecule has 0 unspecified atom stereocenters. The van der Waals surface area contributed by atoms with Crippen LogP contribution in [0.25, 0.3) is 0 Å². The highest BCUT2D eigenvalue weighted by Gasteiger charge is 2.02. The molecule has 1 rings (SSSR count). The lowest BCUT2D eigenvalue weighted by Crippen LogP contribution is -2.11. The first-order chi connectivity index (χ1) is 4.13. The zero-order valence-corrected chi connectivity index (χ0v) is 5.99. The number of hydrogen-bond acceptors (Lipinski definition) is 1. The molecule has 3 nitrogen and oxygen atoms in total. The van der Waals surface area contributed by atoms with Gasteiger partial charge in [-0.15, -0.1) is 0 Å². The van der Waals surface area contributed by atoms with Gasteiger partial charge in [-0.2, -0.15) is 0 Å². The van der Waals surface area contributed by atoms with E-state index in [1.165, 1.54) is 4.68 Å². The van der Waals surface area contributed by atoms with Crippen LogP contribution >= 0.6 is 11.6 Å². The summed E-state index contributed by atoms with van der Waals surface area (Å²) >= 11 is 5.53. The second-order valence-electron chi connectivity index (χ2n) is 1.91. The van der Waals surface area contributed by atoms with E-state index < -0.39 is 0 Å². The van der Waals surface area contributed by atoms with Crippen molar-refractivity contribution in [2.45, 2.75) is 6.92 Å². The van der Waals surface area contributed by atoms with Gasteiger partial charge in [-0.25, -0.2) is 0 Å². The molecule has 0 aliphatic heterocycles. The molecule has 1 heterocycles. The molecular formula is C5H7ClN2O. The molecule has 0 amide bonds. The van der Waals surface area contributed by atoms with Crippen molar-refractivity contribution in [3.8, 4) is 0 Å². The molecule has 0 aromatic carbocycles. The first-order valence-electron chi connectivity index (χ1n) is 2.54. The van der Waals surface area contributed by atoms with E-state index in [2.05, 4.69) is 5.10 Å². The van der Waals surface area contributed by atoms with Gasteiger partial charge in [0.2, 0.25) is 0 Å². The molecule has 1 N–H and O–H groups in total. The van der Waals surface area contributed by atoms with E-state index in [1.807, 2.05) is 0 Å². The van der Waals surface area contributed by atoms with Gasteiger partial charge in [-0.1, -0.05) is 11.6 Å². The minimum atomic E-state index is -0.172. The fourth-order valence-electron chi connectivity index (χ4n) is 0.659. The highest BCUT2D eigenvalue weighted by atomic mass is 35.5. The van der Waals surface area contributed by atoms with E-state index in [1.54, 1.807) is 14.0 Å². The monoisotopic (exact) mass is 146 g/mol. The normalized spacial score (nSPS) is 10.1. The van der Waals surface area contributed by atoms with E-state index in [0.717, 1.165) is 0 Å². The molecule has 0 fully saturated rings. The van der Waals surface area contributed by atoms with Crippen molar-refractivity contribution in [1.29, 1.82) is 0 Å². The summed E-state index contributed by atoms with van der Waals surface area (Å²) in [4.78, 5) is 10.8. The third-order valence-corrected chi connectivity index (χ3v) is 1.60. The molecule has 50 valence electrons. The quantitative estimate of drug-likeness (QED) is 0.574. The Hall–Kier alpha value is -0.700. The van der Waals surface area contributed by atoms with Crippen molar-refractivity contribution in [3.05, 3.63) is 21.1 Å². The number of rotatable bonds is 0. The van der Waals surface area contributed by atoms with E-state index in [9.17, 15) is 4.79 Å². The molecule has 1 aromatic heterocycles. The number of aromatic nitrogens is 2. The Morgan fingerprint density at radius 1 is 1.67 bits per heavy atom. The molecule has 0 aliphatic rings. The second-order valence-corrected chi connectivity index (χ2v) is 2.29. The minimum absolute atomic E-state index is 0.172. The Morgan fingerprint density at radius 3 is 2.33 bits per heavy atom. The van der Waals surface area contributed by atoms with E-state index in [0.29, 0.717) is 5.69 Å². The summed E-state index contributed by atoms with van der Waals surface area (Å²) in [5, 5.41) is 3.02. The van der Waals surface area contributed by atoms with E-state index >= 15 is 0 Å². The van der Waals surface area contributed by atoms with Gasteiger partial charge in [0.05, 0.1) is 5.69 Å². The van der Waals surface area contributed by atoms with Crippen molar-refractivity contribution in [3.63, 3.8) is 0 Å². The summed E-state index contributed by atoms with van der Waals surface area (Å²) in [6.07, 6.45) is 0. The van der Waals surface area contributed by atoms with Crippen molar-refractivity contribution < 1.29 is 0 Å². The van der Waals surface area contributed by atoms with E-state index in [-0.39, 0.29) is 10.6 Å². The number of aromatic amines is 1. The van der Waals surface area contributed by atoms with Crippen LogP contribution in [0, 0.1) is 6.92 Å².